The highest BCUT2D eigenvalue weighted by molar-refractivity contribution is 7.52. The van der Waals surface area contributed by atoms with Crippen molar-refractivity contribution >= 4 is 21.7 Å². The van der Waals surface area contributed by atoms with Gasteiger partial charge < -0.3 is 14.2 Å². The topological polar surface area (TPSA) is 83.8 Å². The van der Waals surface area contributed by atoms with E-state index < -0.39 is 22.1 Å². The summed E-state index contributed by atoms with van der Waals surface area (Å²) in [5.41, 5.74) is 0. The highest BCUT2D eigenvalue weighted by Gasteiger charge is 2.22. The molecule has 0 spiro atoms. The molecule has 0 bridgehead atoms. The van der Waals surface area contributed by atoms with Gasteiger partial charge in [0, 0.05) is 13.0 Å². The van der Waals surface area contributed by atoms with E-state index in [0.29, 0.717) is 13.0 Å². The normalized spacial score (nSPS) is 12.7. The van der Waals surface area contributed by atoms with Gasteiger partial charge in [-0.05, 0) is 25.6 Å². The SMILES string of the molecule is CCCC[Si](C)(C)OCCCC(=O)CP(=O)(O)O. The van der Waals surface area contributed by atoms with E-state index in [-0.39, 0.29) is 12.2 Å². The summed E-state index contributed by atoms with van der Waals surface area (Å²) in [5.74, 6) is -0.389. The molecule has 0 rings (SSSR count). The summed E-state index contributed by atoms with van der Waals surface area (Å²) in [4.78, 5) is 28.5. The minimum absolute atomic E-state index is 0.184. The fourth-order valence-electron chi connectivity index (χ4n) is 1.60. The number of unbranched alkanes of at least 4 members (excludes halogenated alkanes) is 1. The number of ketones is 1. The first kappa shape index (κ1) is 18.0. The molecular formula is C11H25O5PSi. The van der Waals surface area contributed by atoms with Gasteiger partial charge in [-0.3, -0.25) is 9.36 Å². The van der Waals surface area contributed by atoms with E-state index in [1.165, 1.54) is 0 Å². The van der Waals surface area contributed by atoms with Gasteiger partial charge in [0.1, 0.15) is 11.9 Å². The predicted molar refractivity (Wildman–Crippen MR) is 74.3 cm³/mol. The second kappa shape index (κ2) is 8.22. The van der Waals surface area contributed by atoms with E-state index in [1.54, 1.807) is 0 Å². The molecule has 0 aliphatic rings. The molecule has 0 aromatic heterocycles. The quantitative estimate of drug-likeness (QED) is 0.368. The van der Waals surface area contributed by atoms with Crippen LogP contribution in [0.15, 0.2) is 0 Å². The molecule has 0 radical (unpaired) electrons. The van der Waals surface area contributed by atoms with Crippen molar-refractivity contribution in [1.29, 1.82) is 0 Å². The zero-order valence-electron chi connectivity index (χ0n) is 11.5. The van der Waals surface area contributed by atoms with E-state index >= 15 is 0 Å². The van der Waals surface area contributed by atoms with Crippen molar-refractivity contribution < 1.29 is 23.6 Å². The van der Waals surface area contributed by atoms with Crippen molar-refractivity contribution in [2.75, 3.05) is 12.8 Å². The monoisotopic (exact) mass is 296 g/mol. The molecule has 0 fully saturated rings. The first-order valence-electron chi connectivity index (χ1n) is 6.36. The number of Topliss-reactive ketones (excluding diaryl/α,β-unsaturated/α-hetero) is 1. The molecular weight excluding hydrogens is 271 g/mol. The molecule has 2 N–H and O–H groups in total. The summed E-state index contributed by atoms with van der Waals surface area (Å²) in [6, 6.07) is 1.11. The first-order chi connectivity index (χ1) is 8.16. The average molecular weight is 296 g/mol. The molecule has 18 heavy (non-hydrogen) atoms. The summed E-state index contributed by atoms with van der Waals surface area (Å²) >= 11 is 0. The lowest BCUT2D eigenvalue weighted by Crippen LogP contribution is -2.30. The molecule has 0 saturated carbocycles. The van der Waals surface area contributed by atoms with Crippen molar-refractivity contribution in [3.8, 4) is 0 Å². The Bertz CT molecular complexity index is 300. The summed E-state index contributed by atoms with van der Waals surface area (Å²) in [6.07, 6.45) is 2.39. The molecule has 108 valence electrons. The zero-order valence-corrected chi connectivity index (χ0v) is 13.4. The molecule has 0 aliphatic heterocycles. The third-order valence-electron chi connectivity index (χ3n) is 2.61. The van der Waals surface area contributed by atoms with Crippen LogP contribution >= 0.6 is 7.60 Å². The number of rotatable bonds is 10. The Hall–Kier alpha value is -0.00312. The third-order valence-corrected chi connectivity index (χ3v) is 5.92. The maximum atomic E-state index is 11.2. The largest absolute Gasteiger partial charge is 0.417 e. The molecule has 0 atom stereocenters. The average Bonchev–Trinajstić information content (AvgIpc) is 2.19. The van der Waals surface area contributed by atoms with Crippen LogP contribution in [0.3, 0.4) is 0 Å². The van der Waals surface area contributed by atoms with E-state index in [2.05, 4.69) is 20.0 Å². The summed E-state index contributed by atoms with van der Waals surface area (Å²) in [7, 11) is -5.81. The fraction of sp³-hybridized carbons (Fsp3) is 0.909. The highest BCUT2D eigenvalue weighted by atomic mass is 31.2. The van der Waals surface area contributed by atoms with Crippen LogP contribution in [0.5, 0.6) is 0 Å². The molecule has 0 heterocycles. The number of carbonyl (C=O) groups excluding carboxylic acids is 1. The van der Waals surface area contributed by atoms with E-state index in [4.69, 9.17) is 14.2 Å². The van der Waals surface area contributed by atoms with Crippen LogP contribution in [-0.4, -0.2) is 36.7 Å². The Kier molecular flexibility index (Phi) is 8.22. The van der Waals surface area contributed by atoms with Crippen LogP contribution in [-0.2, 0) is 13.8 Å². The minimum atomic E-state index is -4.20. The first-order valence-corrected chi connectivity index (χ1v) is 11.3. The number of carbonyl (C=O) groups is 1. The summed E-state index contributed by atoms with van der Waals surface area (Å²) in [5, 5.41) is 0. The predicted octanol–water partition coefficient (Wildman–Crippen LogP) is 2.54. The highest BCUT2D eigenvalue weighted by Crippen LogP contribution is 2.34. The summed E-state index contributed by atoms with van der Waals surface area (Å²) < 4.78 is 16.4. The maximum absolute atomic E-state index is 11.2. The van der Waals surface area contributed by atoms with Crippen LogP contribution in [0.4, 0.5) is 0 Å². The maximum Gasteiger partial charge on any atom is 0.332 e. The van der Waals surface area contributed by atoms with Crippen LogP contribution in [0.25, 0.3) is 0 Å². The van der Waals surface area contributed by atoms with Gasteiger partial charge in [0.15, 0.2) is 8.32 Å². The Morgan fingerprint density at radius 3 is 2.39 bits per heavy atom. The summed E-state index contributed by atoms with van der Waals surface area (Å²) in [6.45, 7) is 6.96. The molecule has 0 amide bonds. The zero-order chi connectivity index (χ0) is 14.2. The smallest absolute Gasteiger partial charge is 0.332 e. The van der Waals surface area contributed by atoms with Crippen molar-refractivity contribution in [1.82, 2.24) is 0 Å². The van der Waals surface area contributed by atoms with Gasteiger partial charge >= 0.3 is 7.60 Å². The van der Waals surface area contributed by atoms with Gasteiger partial charge in [0.2, 0.25) is 0 Å². The van der Waals surface area contributed by atoms with Crippen molar-refractivity contribution in [2.24, 2.45) is 0 Å². The van der Waals surface area contributed by atoms with Gasteiger partial charge in [0.25, 0.3) is 0 Å². The van der Waals surface area contributed by atoms with Gasteiger partial charge in [-0.25, -0.2) is 0 Å². The van der Waals surface area contributed by atoms with E-state index in [9.17, 15) is 9.36 Å². The molecule has 0 aromatic carbocycles. The van der Waals surface area contributed by atoms with Crippen LogP contribution in [0.2, 0.25) is 19.1 Å². The van der Waals surface area contributed by atoms with Crippen molar-refractivity contribution in [3.05, 3.63) is 0 Å². The van der Waals surface area contributed by atoms with Gasteiger partial charge in [-0.2, -0.15) is 0 Å². The standard InChI is InChI=1S/C11H25O5PSi/c1-4-5-9-18(2,3)16-8-6-7-11(12)10-17(13,14)15/h4-10H2,1-3H3,(H2,13,14,15). The number of hydrogen-bond donors (Lipinski definition) is 2. The second-order valence-corrected chi connectivity index (χ2v) is 11.1. The molecule has 0 saturated heterocycles. The van der Waals surface area contributed by atoms with Gasteiger partial charge in [-0.15, -0.1) is 0 Å². The molecule has 0 aromatic rings. The Balaban J connectivity index is 3.73. The van der Waals surface area contributed by atoms with Crippen molar-refractivity contribution in [2.45, 2.75) is 51.7 Å². The van der Waals surface area contributed by atoms with Gasteiger partial charge in [-0.1, -0.05) is 19.8 Å². The molecule has 0 unspecified atom stereocenters. The third kappa shape index (κ3) is 11.1. The van der Waals surface area contributed by atoms with Gasteiger partial charge in [0.05, 0.1) is 0 Å². The van der Waals surface area contributed by atoms with E-state index in [1.807, 2.05) is 0 Å². The second-order valence-electron chi connectivity index (χ2n) is 5.18. The molecule has 0 aliphatic carbocycles. The van der Waals surface area contributed by atoms with Crippen LogP contribution < -0.4 is 0 Å². The van der Waals surface area contributed by atoms with Crippen LogP contribution in [0.1, 0.15) is 32.6 Å². The van der Waals surface area contributed by atoms with Crippen LogP contribution in [0, 0.1) is 0 Å². The van der Waals surface area contributed by atoms with E-state index in [0.717, 1.165) is 18.9 Å². The Labute approximate surface area is 110 Å². The fourth-order valence-corrected chi connectivity index (χ4v) is 4.27. The Morgan fingerprint density at radius 1 is 1.28 bits per heavy atom. The lowest BCUT2D eigenvalue weighted by Gasteiger charge is -2.22. The molecule has 7 heteroatoms. The molecule has 5 nitrogen and oxygen atoms in total. The minimum Gasteiger partial charge on any atom is -0.417 e. The lowest BCUT2D eigenvalue weighted by molar-refractivity contribution is -0.117. The Morgan fingerprint density at radius 2 is 1.89 bits per heavy atom. The number of hydrogen-bond acceptors (Lipinski definition) is 3. The van der Waals surface area contributed by atoms with Crippen molar-refractivity contribution in [3.63, 3.8) is 0 Å². The lowest BCUT2D eigenvalue weighted by atomic mass is 10.2.